The molecule has 4 aliphatic heterocycles. The van der Waals surface area contributed by atoms with Crippen LogP contribution in [-0.4, -0.2) is 111 Å². The Morgan fingerprint density at radius 2 is 1.77 bits per heavy atom. The van der Waals surface area contributed by atoms with Crippen molar-refractivity contribution in [3.05, 3.63) is 35.4 Å². The molecule has 3 aromatic rings. The second-order valence-corrected chi connectivity index (χ2v) is 20.8. The zero-order valence-electron chi connectivity index (χ0n) is 28.6. The second-order valence-electron chi connectivity index (χ2n) is 14.8. The van der Waals surface area contributed by atoms with E-state index in [0.717, 1.165) is 68.4 Å². The van der Waals surface area contributed by atoms with E-state index in [2.05, 4.69) is 31.6 Å². The van der Waals surface area contributed by atoms with Crippen LogP contribution in [0.15, 0.2) is 30.3 Å². The number of rotatable bonds is 13. The summed E-state index contributed by atoms with van der Waals surface area (Å²) in [6.07, 6.45) is 2.97. The Kier molecular flexibility index (Phi) is 10.6. The average molecular weight is 701 g/mol. The predicted octanol–water partition coefficient (Wildman–Crippen LogP) is 5.85. The third kappa shape index (κ3) is 8.02. The average Bonchev–Trinajstić information content (AvgIpc) is 3.84. The fraction of sp³-hybridized carbons (Fsp3) is 0.657. The van der Waals surface area contributed by atoms with E-state index in [1.807, 2.05) is 34.9 Å². The van der Waals surface area contributed by atoms with Crippen LogP contribution in [0.5, 0.6) is 11.8 Å². The van der Waals surface area contributed by atoms with Crippen LogP contribution in [0.3, 0.4) is 0 Å². The summed E-state index contributed by atoms with van der Waals surface area (Å²) in [5.41, 5.74) is 2.81. The highest BCUT2D eigenvalue weighted by Crippen LogP contribution is 2.36. The van der Waals surface area contributed by atoms with Gasteiger partial charge in [0.2, 0.25) is 0 Å². The molecule has 6 heterocycles. The first-order valence-corrected chi connectivity index (χ1v) is 21.5. The predicted molar refractivity (Wildman–Crippen MR) is 186 cm³/mol. The molecule has 0 radical (unpaired) electrons. The van der Waals surface area contributed by atoms with Gasteiger partial charge >= 0.3 is 6.01 Å². The van der Waals surface area contributed by atoms with E-state index in [9.17, 15) is 0 Å². The van der Waals surface area contributed by atoms with Gasteiger partial charge in [0.15, 0.2) is 18.0 Å². The summed E-state index contributed by atoms with van der Waals surface area (Å²) in [5, 5.41) is 0.522. The molecule has 2 aromatic heterocycles. The Balaban J connectivity index is 1.08. The molecule has 7 rings (SSSR count). The number of ether oxygens (including phenoxy) is 7. The lowest BCUT2D eigenvalue weighted by molar-refractivity contribution is -0.202. The molecule has 4 fully saturated rings. The van der Waals surface area contributed by atoms with Crippen LogP contribution in [0, 0.1) is 5.92 Å². The first-order chi connectivity index (χ1) is 23.2. The molecule has 6 atom stereocenters. The summed E-state index contributed by atoms with van der Waals surface area (Å²) in [5.74, 6) is 1.40. The van der Waals surface area contributed by atoms with E-state index in [1.165, 1.54) is 6.42 Å². The van der Waals surface area contributed by atoms with Crippen molar-refractivity contribution in [3.8, 4) is 23.0 Å². The molecular weight excluding hydrogens is 652 g/mol. The Morgan fingerprint density at radius 3 is 2.50 bits per heavy atom. The van der Waals surface area contributed by atoms with E-state index < -0.39 is 8.07 Å². The third-order valence-electron chi connectivity index (χ3n) is 9.66. The van der Waals surface area contributed by atoms with Crippen molar-refractivity contribution in [2.45, 2.75) is 88.8 Å². The lowest BCUT2D eigenvalue weighted by atomic mass is 10.1. The third-order valence-corrected chi connectivity index (χ3v) is 11.7. The largest absolute Gasteiger partial charge is 0.493 e. The van der Waals surface area contributed by atoms with Crippen LogP contribution in [0.1, 0.15) is 25.7 Å². The minimum Gasteiger partial charge on any atom is -0.493 e. The van der Waals surface area contributed by atoms with Gasteiger partial charge in [0.05, 0.1) is 36.1 Å². The molecule has 0 aliphatic carbocycles. The number of aromatic nitrogens is 3. The van der Waals surface area contributed by atoms with E-state index in [0.29, 0.717) is 48.1 Å². The number of nitrogens with zero attached hydrogens (tertiary/aromatic N) is 4. The van der Waals surface area contributed by atoms with Crippen molar-refractivity contribution in [2.75, 3.05) is 53.2 Å². The van der Waals surface area contributed by atoms with Crippen LogP contribution >= 0.6 is 11.6 Å². The summed E-state index contributed by atoms with van der Waals surface area (Å²) in [6, 6.07) is 11.3. The van der Waals surface area contributed by atoms with Gasteiger partial charge in [0, 0.05) is 39.3 Å². The molecule has 0 N–H and O–H groups in total. The zero-order valence-corrected chi connectivity index (χ0v) is 30.3. The monoisotopic (exact) mass is 700 g/mol. The Bertz CT molecular complexity index is 1530. The van der Waals surface area contributed by atoms with Crippen LogP contribution in [-0.2, 0) is 30.4 Å². The lowest BCUT2D eigenvalue weighted by Crippen LogP contribution is -2.38. The van der Waals surface area contributed by atoms with Crippen molar-refractivity contribution in [1.82, 2.24) is 19.4 Å². The van der Waals surface area contributed by atoms with E-state index in [4.69, 9.17) is 54.7 Å². The van der Waals surface area contributed by atoms with E-state index in [1.54, 1.807) is 0 Å². The van der Waals surface area contributed by atoms with Gasteiger partial charge in [0.25, 0.3) is 0 Å². The highest BCUT2D eigenvalue weighted by Gasteiger charge is 2.50. The fourth-order valence-corrected chi connectivity index (χ4v) is 7.85. The SMILES string of the molecule is CN1CCC(COc2ccc(-c3nc4nc(O[C@@H]5CO[C@H]6[C@@H]5OC[C@H]6OC5CCCCO5)n(COCC[Si](C)(C)C)c4cc3Cl)cc2)C1. The molecule has 13 heteroatoms. The van der Waals surface area contributed by atoms with Gasteiger partial charge in [-0.2, -0.15) is 4.98 Å². The van der Waals surface area contributed by atoms with Crippen molar-refractivity contribution in [3.63, 3.8) is 0 Å². The van der Waals surface area contributed by atoms with Crippen molar-refractivity contribution in [2.24, 2.45) is 5.92 Å². The van der Waals surface area contributed by atoms with Crippen LogP contribution in [0.2, 0.25) is 30.7 Å². The van der Waals surface area contributed by atoms with Crippen LogP contribution in [0.4, 0.5) is 0 Å². The van der Waals surface area contributed by atoms with Crippen molar-refractivity contribution >= 4 is 30.8 Å². The van der Waals surface area contributed by atoms with Crippen LogP contribution in [0.25, 0.3) is 22.4 Å². The molecule has 0 amide bonds. The number of hydrogen-bond donors (Lipinski definition) is 0. The molecular formula is C35H49ClN4O7Si. The minimum atomic E-state index is -1.27. The summed E-state index contributed by atoms with van der Waals surface area (Å²) < 4.78 is 45.2. The summed E-state index contributed by atoms with van der Waals surface area (Å²) in [4.78, 5) is 12.1. The minimum absolute atomic E-state index is 0.195. The van der Waals surface area contributed by atoms with Gasteiger partial charge in [-0.15, -0.1) is 0 Å². The maximum absolute atomic E-state index is 6.90. The normalized spacial score (nSPS) is 27.9. The molecule has 0 saturated carbocycles. The Hall–Kier alpha value is -2.29. The number of pyridine rings is 1. The van der Waals surface area contributed by atoms with Gasteiger partial charge in [-0.05, 0) is 75.7 Å². The molecule has 0 spiro atoms. The lowest BCUT2D eigenvalue weighted by Gasteiger charge is -2.27. The number of hydrogen-bond acceptors (Lipinski definition) is 10. The fourth-order valence-electron chi connectivity index (χ4n) is 6.84. The quantitative estimate of drug-likeness (QED) is 0.160. The van der Waals surface area contributed by atoms with Gasteiger partial charge < -0.3 is 38.1 Å². The van der Waals surface area contributed by atoms with E-state index in [-0.39, 0.29) is 37.4 Å². The Labute approximate surface area is 289 Å². The van der Waals surface area contributed by atoms with Crippen molar-refractivity contribution < 1.29 is 33.2 Å². The second kappa shape index (κ2) is 14.9. The maximum Gasteiger partial charge on any atom is 0.301 e. The number of benzene rings is 1. The number of fused-ring (bicyclic) bond motifs is 2. The molecule has 48 heavy (non-hydrogen) atoms. The summed E-state index contributed by atoms with van der Waals surface area (Å²) in [6.45, 7) is 12.4. The van der Waals surface area contributed by atoms with Crippen molar-refractivity contribution in [1.29, 1.82) is 0 Å². The number of likely N-dealkylation sites (tertiary alicyclic amines) is 1. The van der Waals surface area contributed by atoms with E-state index >= 15 is 0 Å². The van der Waals surface area contributed by atoms with Gasteiger partial charge in [-0.1, -0.05) is 31.2 Å². The van der Waals surface area contributed by atoms with Crippen LogP contribution < -0.4 is 9.47 Å². The highest BCUT2D eigenvalue weighted by atomic mass is 35.5. The topological polar surface area (TPSA) is 98.6 Å². The molecule has 0 bridgehead atoms. The molecule has 2 unspecified atom stereocenters. The molecule has 4 aliphatic rings. The first-order valence-electron chi connectivity index (χ1n) is 17.4. The molecule has 11 nitrogen and oxygen atoms in total. The zero-order chi connectivity index (χ0) is 33.3. The highest BCUT2D eigenvalue weighted by molar-refractivity contribution is 6.76. The summed E-state index contributed by atoms with van der Waals surface area (Å²) in [7, 11) is 0.890. The molecule has 262 valence electrons. The first kappa shape index (κ1) is 34.2. The summed E-state index contributed by atoms with van der Waals surface area (Å²) >= 11 is 6.90. The van der Waals surface area contributed by atoms with Gasteiger partial charge in [0.1, 0.15) is 30.8 Å². The maximum atomic E-state index is 6.90. The smallest absolute Gasteiger partial charge is 0.301 e. The standard InChI is InChI=1S/C35H49ClN4O7Si/c1-39-13-12-23(18-39)19-43-25-10-8-24(9-11-25)31-26(36)17-27-34(37-31)38-35(40(27)22-41-15-16-48(2,3)4)47-29-21-45-32-28(20-44-33(29)32)46-30-7-5-6-14-42-30/h8-11,17,23,28-30,32-33H,5-7,12-16,18-22H2,1-4H3/t23?,28-,29-,30?,32-,33-/m1/s1. The number of halogens is 1. The van der Waals surface area contributed by atoms with Gasteiger partial charge in [-0.25, -0.2) is 4.98 Å². The van der Waals surface area contributed by atoms with Gasteiger partial charge in [-0.3, -0.25) is 4.57 Å². The molecule has 4 saturated heterocycles. The number of imidazole rings is 1. The Morgan fingerprint density at radius 1 is 0.979 bits per heavy atom. The molecule has 1 aromatic carbocycles.